The van der Waals surface area contributed by atoms with Crippen molar-refractivity contribution < 1.29 is 9.53 Å². The van der Waals surface area contributed by atoms with E-state index < -0.39 is 6.10 Å². The minimum absolute atomic E-state index is 0.224. The number of rotatable bonds is 4. The number of ether oxygens (including phenoxy) is 1. The Hall–Kier alpha value is -2.36. The quantitative estimate of drug-likeness (QED) is 0.896. The van der Waals surface area contributed by atoms with Crippen molar-refractivity contribution in [2.45, 2.75) is 13.0 Å². The Balaban J connectivity index is 1.93. The van der Waals surface area contributed by atoms with Crippen LogP contribution in [0.5, 0.6) is 5.75 Å². The third kappa shape index (κ3) is 3.31. The number of nitrogens with one attached hydrogen (secondary N) is 1. The molecule has 0 aliphatic carbocycles. The first-order valence-electron chi connectivity index (χ1n) is 5.69. The van der Waals surface area contributed by atoms with Gasteiger partial charge in [0.05, 0.1) is 0 Å². The van der Waals surface area contributed by atoms with Crippen molar-refractivity contribution >= 4 is 11.7 Å². The zero-order chi connectivity index (χ0) is 12.8. The Labute approximate surface area is 106 Å². The number of hydrogen-bond donors (Lipinski definition) is 1. The zero-order valence-corrected chi connectivity index (χ0v) is 10.0. The van der Waals surface area contributed by atoms with Crippen LogP contribution >= 0.6 is 0 Å². The van der Waals surface area contributed by atoms with Crippen LogP contribution in [0.3, 0.4) is 0 Å². The van der Waals surface area contributed by atoms with Gasteiger partial charge < -0.3 is 10.1 Å². The first-order valence-corrected chi connectivity index (χ1v) is 5.69. The molecule has 0 radical (unpaired) electrons. The lowest BCUT2D eigenvalue weighted by Gasteiger charge is -2.14. The molecule has 0 saturated carbocycles. The highest BCUT2D eigenvalue weighted by Gasteiger charge is 2.14. The maximum atomic E-state index is 11.8. The minimum Gasteiger partial charge on any atom is -0.481 e. The lowest BCUT2D eigenvalue weighted by molar-refractivity contribution is -0.122. The van der Waals surface area contributed by atoms with Crippen LogP contribution in [0.15, 0.2) is 54.7 Å². The molecule has 2 rings (SSSR count). The summed E-state index contributed by atoms with van der Waals surface area (Å²) in [6.45, 7) is 1.70. The molecule has 0 spiro atoms. The molecule has 1 atom stereocenters. The molecule has 1 N–H and O–H groups in total. The van der Waals surface area contributed by atoms with Crippen LogP contribution in [-0.4, -0.2) is 17.0 Å². The predicted molar refractivity (Wildman–Crippen MR) is 69.4 cm³/mol. The van der Waals surface area contributed by atoms with Crippen LogP contribution in [0.4, 0.5) is 5.82 Å². The van der Waals surface area contributed by atoms with Crippen LogP contribution in [0.1, 0.15) is 6.92 Å². The highest BCUT2D eigenvalue weighted by molar-refractivity contribution is 5.93. The van der Waals surface area contributed by atoms with E-state index in [1.807, 2.05) is 36.4 Å². The van der Waals surface area contributed by atoms with Gasteiger partial charge in [0.2, 0.25) is 0 Å². The van der Waals surface area contributed by atoms with E-state index in [4.69, 9.17) is 4.74 Å². The van der Waals surface area contributed by atoms with Crippen molar-refractivity contribution in [1.82, 2.24) is 4.98 Å². The third-order valence-electron chi connectivity index (χ3n) is 2.34. The first kappa shape index (κ1) is 12.1. The molecule has 18 heavy (non-hydrogen) atoms. The van der Waals surface area contributed by atoms with E-state index in [2.05, 4.69) is 10.3 Å². The smallest absolute Gasteiger partial charge is 0.266 e. The van der Waals surface area contributed by atoms with Crippen LogP contribution in [0.25, 0.3) is 0 Å². The Morgan fingerprint density at radius 3 is 2.56 bits per heavy atom. The first-order chi connectivity index (χ1) is 8.75. The average molecular weight is 242 g/mol. The number of anilines is 1. The fraction of sp³-hybridized carbons (Fsp3) is 0.143. The van der Waals surface area contributed by atoms with Crippen molar-refractivity contribution in [3.63, 3.8) is 0 Å². The van der Waals surface area contributed by atoms with E-state index >= 15 is 0 Å². The summed E-state index contributed by atoms with van der Waals surface area (Å²) >= 11 is 0. The molecule has 1 unspecified atom stereocenters. The molecule has 0 saturated heterocycles. The van der Waals surface area contributed by atoms with E-state index in [0.29, 0.717) is 11.6 Å². The SMILES string of the molecule is CC(Oc1ccccc1)C(=O)Nc1ccccn1. The van der Waals surface area contributed by atoms with Crippen LogP contribution in [-0.2, 0) is 4.79 Å². The fourth-order valence-electron chi connectivity index (χ4n) is 1.42. The molecule has 1 aromatic heterocycles. The molecule has 2 aromatic rings. The molecule has 92 valence electrons. The standard InChI is InChI=1S/C14H14N2O2/c1-11(18-12-7-3-2-4-8-12)14(17)16-13-9-5-6-10-15-13/h2-11H,1H3,(H,15,16,17). The molecule has 1 heterocycles. The second-order valence-electron chi connectivity index (χ2n) is 3.78. The van der Waals surface area contributed by atoms with Gasteiger partial charge >= 0.3 is 0 Å². The van der Waals surface area contributed by atoms with E-state index in [1.54, 1.807) is 25.3 Å². The molecule has 4 nitrogen and oxygen atoms in total. The van der Waals surface area contributed by atoms with E-state index in [1.165, 1.54) is 0 Å². The number of para-hydroxylation sites is 1. The summed E-state index contributed by atoms with van der Waals surface area (Å²) in [6, 6.07) is 14.6. The van der Waals surface area contributed by atoms with Crippen LogP contribution in [0.2, 0.25) is 0 Å². The summed E-state index contributed by atoms with van der Waals surface area (Å²) in [4.78, 5) is 15.9. The van der Waals surface area contributed by atoms with Crippen LogP contribution in [0, 0.1) is 0 Å². The third-order valence-corrected chi connectivity index (χ3v) is 2.34. The van der Waals surface area contributed by atoms with Gasteiger partial charge in [-0.25, -0.2) is 4.98 Å². The summed E-state index contributed by atoms with van der Waals surface area (Å²) in [5.41, 5.74) is 0. The van der Waals surface area contributed by atoms with Crippen molar-refractivity contribution in [2.75, 3.05) is 5.32 Å². The number of benzene rings is 1. The van der Waals surface area contributed by atoms with Gasteiger partial charge in [0.1, 0.15) is 11.6 Å². The Bertz CT molecular complexity index is 500. The monoisotopic (exact) mass is 242 g/mol. The van der Waals surface area contributed by atoms with Gasteiger partial charge in [0, 0.05) is 6.20 Å². The van der Waals surface area contributed by atoms with Gasteiger partial charge in [0.25, 0.3) is 5.91 Å². The summed E-state index contributed by atoms with van der Waals surface area (Å²) in [5.74, 6) is 0.963. The lowest BCUT2D eigenvalue weighted by atomic mass is 10.3. The average Bonchev–Trinajstić information content (AvgIpc) is 2.41. The van der Waals surface area contributed by atoms with Gasteiger partial charge in [-0.15, -0.1) is 0 Å². The van der Waals surface area contributed by atoms with E-state index in [9.17, 15) is 4.79 Å². The maximum absolute atomic E-state index is 11.8. The van der Waals surface area contributed by atoms with Gasteiger partial charge in [-0.1, -0.05) is 24.3 Å². The molecule has 4 heteroatoms. The normalized spacial score (nSPS) is 11.6. The van der Waals surface area contributed by atoms with Crippen LogP contribution < -0.4 is 10.1 Å². The fourth-order valence-corrected chi connectivity index (χ4v) is 1.42. The number of pyridine rings is 1. The number of carbonyl (C=O) groups is 1. The van der Waals surface area contributed by atoms with Crippen molar-refractivity contribution in [1.29, 1.82) is 0 Å². The molecule has 0 fully saturated rings. The maximum Gasteiger partial charge on any atom is 0.266 e. The molecule has 0 bridgehead atoms. The minimum atomic E-state index is -0.575. The molecule has 1 aromatic carbocycles. The van der Waals surface area contributed by atoms with Crippen molar-refractivity contribution in [2.24, 2.45) is 0 Å². The largest absolute Gasteiger partial charge is 0.481 e. The number of amides is 1. The molecular weight excluding hydrogens is 228 g/mol. The van der Waals surface area contributed by atoms with Gasteiger partial charge in [0.15, 0.2) is 6.10 Å². The van der Waals surface area contributed by atoms with E-state index in [-0.39, 0.29) is 5.91 Å². The van der Waals surface area contributed by atoms with Crippen molar-refractivity contribution in [3.8, 4) is 5.75 Å². The summed E-state index contributed by atoms with van der Waals surface area (Å²) < 4.78 is 5.51. The number of nitrogens with zero attached hydrogens (tertiary/aromatic N) is 1. The summed E-state index contributed by atoms with van der Waals surface area (Å²) in [6.07, 6.45) is 1.05. The molecule has 1 amide bonds. The number of carbonyl (C=O) groups excluding carboxylic acids is 1. The van der Waals surface area contributed by atoms with E-state index in [0.717, 1.165) is 0 Å². The Morgan fingerprint density at radius 2 is 1.89 bits per heavy atom. The molecule has 0 aliphatic rings. The summed E-state index contributed by atoms with van der Waals surface area (Å²) in [7, 11) is 0. The predicted octanol–water partition coefficient (Wildman–Crippen LogP) is 2.49. The summed E-state index contributed by atoms with van der Waals surface area (Å²) in [5, 5.41) is 2.69. The number of hydrogen-bond acceptors (Lipinski definition) is 3. The lowest BCUT2D eigenvalue weighted by Crippen LogP contribution is -2.30. The highest BCUT2D eigenvalue weighted by atomic mass is 16.5. The second-order valence-corrected chi connectivity index (χ2v) is 3.78. The van der Waals surface area contributed by atoms with Crippen molar-refractivity contribution in [3.05, 3.63) is 54.7 Å². The molecular formula is C14H14N2O2. The number of aromatic nitrogens is 1. The Kier molecular flexibility index (Phi) is 3.91. The van der Waals surface area contributed by atoms with Gasteiger partial charge in [-0.2, -0.15) is 0 Å². The van der Waals surface area contributed by atoms with Gasteiger partial charge in [-0.3, -0.25) is 4.79 Å². The topological polar surface area (TPSA) is 51.2 Å². The van der Waals surface area contributed by atoms with Gasteiger partial charge in [-0.05, 0) is 31.2 Å². The highest BCUT2D eigenvalue weighted by Crippen LogP contribution is 2.11. The second kappa shape index (κ2) is 5.82. The zero-order valence-electron chi connectivity index (χ0n) is 10.0. The molecule has 0 aliphatic heterocycles. The Morgan fingerprint density at radius 1 is 1.17 bits per heavy atom.